The molecule has 0 fully saturated rings. The fourth-order valence-electron chi connectivity index (χ4n) is 0.337. The molecule has 0 radical (unpaired) electrons. The second-order valence-corrected chi connectivity index (χ2v) is 8.74. The minimum atomic E-state index is -1.71. The van der Waals surface area contributed by atoms with Gasteiger partial charge in [-0.05, 0) is 0 Å². The highest BCUT2D eigenvalue weighted by Gasteiger charge is 2.46. The molecular formula is C4H6Cl6OSi. The summed E-state index contributed by atoms with van der Waals surface area (Å²) in [5.74, 6) is 0.372. The third-order valence-electron chi connectivity index (χ3n) is 0.920. The van der Waals surface area contributed by atoms with Gasteiger partial charge in [0.25, 0.3) is 0 Å². The van der Waals surface area contributed by atoms with Crippen molar-refractivity contribution in [3.8, 4) is 0 Å². The lowest BCUT2D eigenvalue weighted by atomic mass is 10.9. The lowest BCUT2D eigenvalue weighted by molar-refractivity contribution is 0.359. The van der Waals surface area contributed by atoms with Crippen LogP contribution in [0.3, 0.4) is 0 Å². The van der Waals surface area contributed by atoms with Gasteiger partial charge in [0.1, 0.15) is 0 Å². The van der Waals surface area contributed by atoms with Crippen LogP contribution in [0.15, 0.2) is 0 Å². The molecule has 1 nitrogen and oxygen atoms in total. The van der Waals surface area contributed by atoms with Crippen LogP contribution in [0.25, 0.3) is 0 Å². The summed E-state index contributed by atoms with van der Waals surface area (Å²) in [5.41, 5.74) is 0. The monoisotopic (exact) mass is 308 g/mol. The van der Waals surface area contributed by atoms with Crippen molar-refractivity contribution in [3.05, 3.63) is 0 Å². The zero-order valence-electron chi connectivity index (χ0n) is 5.80. The molecule has 0 saturated heterocycles. The van der Waals surface area contributed by atoms with Gasteiger partial charge in [0, 0.05) is 12.5 Å². The van der Waals surface area contributed by atoms with Crippen LogP contribution in [0, 0.1) is 0 Å². The Morgan fingerprint density at radius 2 is 1.58 bits per heavy atom. The van der Waals surface area contributed by atoms with Crippen LogP contribution in [0.4, 0.5) is 0 Å². The van der Waals surface area contributed by atoms with E-state index in [9.17, 15) is 0 Å². The summed E-state index contributed by atoms with van der Waals surface area (Å²) in [6.07, 6.45) is 0. The maximum atomic E-state index is 5.71. The van der Waals surface area contributed by atoms with Crippen LogP contribution < -0.4 is 0 Å². The smallest absolute Gasteiger partial charge is 0.222 e. The third kappa shape index (κ3) is 4.96. The maximum absolute atomic E-state index is 5.71. The van der Waals surface area contributed by atoms with E-state index in [1.165, 1.54) is 0 Å². The predicted molar refractivity (Wildman–Crippen MR) is 59.9 cm³/mol. The molecule has 0 amide bonds. The van der Waals surface area contributed by atoms with Crippen LogP contribution in [-0.2, 0) is 4.43 Å². The van der Waals surface area contributed by atoms with Crippen molar-refractivity contribution in [1.82, 2.24) is 0 Å². The van der Waals surface area contributed by atoms with Gasteiger partial charge in [-0.2, -0.15) is 0 Å². The highest BCUT2D eigenvalue weighted by atomic mass is 35.6. The Morgan fingerprint density at radius 1 is 1.08 bits per heavy atom. The van der Waals surface area contributed by atoms with Crippen molar-refractivity contribution in [2.75, 3.05) is 12.5 Å². The Morgan fingerprint density at radius 3 is 1.92 bits per heavy atom. The van der Waals surface area contributed by atoms with E-state index in [4.69, 9.17) is 74.0 Å². The average Bonchev–Trinajstić information content (AvgIpc) is 1.85. The average molecular weight is 311 g/mol. The van der Waals surface area contributed by atoms with Crippen molar-refractivity contribution in [1.29, 1.82) is 0 Å². The van der Waals surface area contributed by atoms with Crippen molar-refractivity contribution in [3.63, 3.8) is 0 Å². The van der Waals surface area contributed by atoms with Gasteiger partial charge in [0.15, 0.2) is 3.96 Å². The first-order valence-electron chi connectivity index (χ1n) is 2.89. The van der Waals surface area contributed by atoms with Crippen LogP contribution >= 0.6 is 69.6 Å². The molecule has 0 aliphatic heterocycles. The van der Waals surface area contributed by atoms with Gasteiger partial charge < -0.3 is 4.43 Å². The van der Waals surface area contributed by atoms with Crippen molar-refractivity contribution < 1.29 is 4.43 Å². The first-order chi connectivity index (χ1) is 5.31. The molecular weight excluding hydrogens is 305 g/mol. The summed E-state index contributed by atoms with van der Waals surface area (Å²) in [6, 6.07) is 0. The highest BCUT2D eigenvalue weighted by molar-refractivity contribution is 6.84. The molecule has 74 valence electrons. The molecule has 0 aliphatic rings. The zero-order chi connectivity index (χ0) is 9.83. The normalized spacial score (nSPS) is 14.5. The van der Waals surface area contributed by atoms with E-state index >= 15 is 0 Å². The predicted octanol–water partition coefficient (Wildman–Crippen LogP) is 2.83. The molecule has 0 aromatic carbocycles. The van der Waals surface area contributed by atoms with Gasteiger partial charge >= 0.3 is 0 Å². The van der Waals surface area contributed by atoms with E-state index in [1.807, 2.05) is 0 Å². The van der Waals surface area contributed by atoms with Gasteiger partial charge in [-0.1, -0.05) is 58.0 Å². The summed E-state index contributed by atoms with van der Waals surface area (Å²) in [7, 11) is -1.33. The molecule has 0 N–H and O–H groups in total. The van der Waals surface area contributed by atoms with Gasteiger partial charge in [0.2, 0.25) is 13.6 Å². The Hall–Kier alpha value is 1.92. The molecule has 0 aromatic rings. The third-order valence-corrected chi connectivity index (χ3v) is 5.90. The SMILES string of the molecule is ClCCO[SiH2]C(Cl)(Cl)C(Cl)(Cl)Cl. The van der Waals surface area contributed by atoms with Crippen LogP contribution in [0.2, 0.25) is 0 Å². The molecule has 0 saturated carbocycles. The number of hydrogen-bond donors (Lipinski definition) is 0. The molecule has 0 bridgehead atoms. The summed E-state index contributed by atoms with van der Waals surface area (Å²) >= 11 is 33.3. The molecule has 0 aliphatic carbocycles. The summed E-state index contributed by atoms with van der Waals surface area (Å²) < 4.78 is 1.94. The molecule has 0 atom stereocenters. The van der Waals surface area contributed by atoms with Crippen LogP contribution in [0.5, 0.6) is 0 Å². The van der Waals surface area contributed by atoms with Crippen molar-refractivity contribution in [2.45, 2.75) is 7.75 Å². The van der Waals surface area contributed by atoms with Crippen LogP contribution in [0.1, 0.15) is 0 Å². The Kier molecular flexibility index (Phi) is 6.63. The molecule has 12 heavy (non-hydrogen) atoms. The summed E-state index contributed by atoms with van der Waals surface area (Å²) in [4.78, 5) is 0. The molecule has 0 aromatic heterocycles. The standard InChI is InChI=1S/C4H6Cl6OSi/c5-1-2-11-12-4(9,10)3(6,7)8/h1-2,12H2. The van der Waals surface area contributed by atoms with E-state index in [0.717, 1.165) is 0 Å². The second kappa shape index (κ2) is 5.71. The number of halogens is 6. The van der Waals surface area contributed by atoms with E-state index in [1.54, 1.807) is 0 Å². The fourth-order valence-corrected chi connectivity index (χ4v) is 2.29. The Labute approximate surface area is 103 Å². The summed E-state index contributed by atoms with van der Waals surface area (Å²) in [5, 5.41) is 0. The van der Waals surface area contributed by atoms with Gasteiger partial charge in [0.05, 0.1) is 0 Å². The Balaban J connectivity index is 3.88. The second-order valence-electron chi connectivity index (χ2n) is 1.94. The van der Waals surface area contributed by atoms with Gasteiger partial charge in [-0.3, -0.25) is 0 Å². The number of rotatable bonds is 4. The minimum absolute atomic E-state index is 0.371. The maximum Gasteiger partial charge on any atom is 0.222 e. The molecule has 0 spiro atoms. The van der Waals surface area contributed by atoms with E-state index < -0.39 is 17.5 Å². The van der Waals surface area contributed by atoms with E-state index in [-0.39, 0.29) is 0 Å². The van der Waals surface area contributed by atoms with E-state index in [0.29, 0.717) is 12.5 Å². The summed E-state index contributed by atoms with van der Waals surface area (Å²) in [6.45, 7) is 0.371. The minimum Gasteiger partial charge on any atom is -0.419 e. The molecule has 8 heteroatoms. The Bertz CT molecular complexity index is 134. The van der Waals surface area contributed by atoms with Crippen molar-refractivity contribution >= 4 is 79.4 Å². The van der Waals surface area contributed by atoms with Crippen LogP contribution in [-0.4, -0.2) is 30.0 Å². The van der Waals surface area contributed by atoms with E-state index in [2.05, 4.69) is 0 Å². The first kappa shape index (κ1) is 13.9. The lowest BCUT2D eigenvalue weighted by Crippen LogP contribution is -2.39. The lowest BCUT2D eigenvalue weighted by Gasteiger charge is -2.26. The largest absolute Gasteiger partial charge is 0.419 e. The van der Waals surface area contributed by atoms with Gasteiger partial charge in [-0.15, -0.1) is 11.6 Å². The fraction of sp³-hybridized carbons (Fsp3) is 1.00. The quantitative estimate of drug-likeness (QED) is 0.441. The van der Waals surface area contributed by atoms with Crippen molar-refractivity contribution in [2.24, 2.45) is 0 Å². The highest BCUT2D eigenvalue weighted by Crippen LogP contribution is 2.45. The number of alkyl halides is 6. The topological polar surface area (TPSA) is 9.23 Å². The molecule has 0 rings (SSSR count). The van der Waals surface area contributed by atoms with Gasteiger partial charge in [-0.25, -0.2) is 0 Å². The molecule has 0 unspecified atom stereocenters. The first-order valence-corrected chi connectivity index (χ1v) is 6.60. The molecule has 0 heterocycles. The number of hydrogen-bond acceptors (Lipinski definition) is 1. The zero-order valence-corrected chi connectivity index (χ0v) is 11.7.